The molecule has 0 unspecified atom stereocenters. The van der Waals surface area contributed by atoms with E-state index >= 15 is 0 Å². The molecule has 1 atom stereocenters. The summed E-state index contributed by atoms with van der Waals surface area (Å²) in [7, 11) is 0. The number of thiophene rings is 1. The molecule has 33 heavy (non-hydrogen) atoms. The molecule has 5 rings (SSSR count). The summed E-state index contributed by atoms with van der Waals surface area (Å²) in [5.74, 6) is 0.540. The molecule has 1 aliphatic rings. The Morgan fingerprint density at radius 3 is 2.67 bits per heavy atom. The summed E-state index contributed by atoms with van der Waals surface area (Å²) >= 11 is 1.68. The Morgan fingerprint density at radius 1 is 1.12 bits per heavy atom. The fourth-order valence-corrected chi connectivity index (χ4v) is 5.95. The first-order valence-corrected chi connectivity index (χ1v) is 12.3. The van der Waals surface area contributed by atoms with Crippen molar-refractivity contribution < 1.29 is 4.79 Å². The van der Waals surface area contributed by atoms with Crippen molar-refractivity contribution in [3.8, 4) is 0 Å². The van der Waals surface area contributed by atoms with Crippen molar-refractivity contribution in [3.05, 3.63) is 82.4 Å². The number of aromatic amines is 1. The Labute approximate surface area is 198 Å². The number of carbonyl (C=O) groups is 1. The molecule has 2 N–H and O–H groups in total. The minimum atomic E-state index is -0.0704. The Hall–Kier alpha value is -3.18. The number of hydrogen-bond acceptors (Lipinski definition) is 3. The molecule has 0 spiro atoms. The zero-order chi connectivity index (χ0) is 23.0. The van der Waals surface area contributed by atoms with Crippen LogP contribution in [-0.4, -0.2) is 17.1 Å². The van der Waals surface area contributed by atoms with Crippen molar-refractivity contribution in [2.75, 3.05) is 5.32 Å². The average molecular weight is 456 g/mol. The smallest absolute Gasteiger partial charge is 0.259 e. The molecule has 168 valence electrons. The van der Waals surface area contributed by atoms with Crippen LogP contribution in [0.2, 0.25) is 0 Å². The predicted molar refractivity (Wildman–Crippen MR) is 139 cm³/mol. The minimum Gasteiger partial charge on any atom is -0.361 e. The molecule has 0 fully saturated rings. The third-order valence-electron chi connectivity index (χ3n) is 6.67. The molecule has 2 aromatic heterocycles. The molecule has 2 aromatic carbocycles. The summed E-state index contributed by atoms with van der Waals surface area (Å²) < 4.78 is 0. The number of nitrogens with zero attached hydrogens (tertiary/aromatic N) is 1. The van der Waals surface area contributed by atoms with Crippen LogP contribution in [0.1, 0.15) is 53.6 Å². The van der Waals surface area contributed by atoms with Crippen LogP contribution in [-0.2, 0) is 12.8 Å². The lowest BCUT2D eigenvalue weighted by Crippen LogP contribution is -2.27. The van der Waals surface area contributed by atoms with E-state index < -0.39 is 0 Å². The van der Waals surface area contributed by atoms with Crippen LogP contribution in [0, 0.1) is 11.3 Å². The highest BCUT2D eigenvalue weighted by Crippen LogP contribution is 2.45. The number of H-pyrrole nitrogens is 1. The molecule has 4 nitrogen and oxygen atoms in total. The maximum absolute atomic E-state index is 13.4. The number of para-hydroxylation sites is 2. The molecule has 0 bridgehead atoms. The number of nitrogens with one attached hydrogen (secondary N) is 2. The van der Waals surface area contributed by atoms with Gasteiger partial charge in [-0.2, -0.15) is 0 Å². The molecule has 0 radical (unpaired) electrons. The number of aromatic nitrogens is 1. The Balaban J connectivity index is 1.53. The minimum absolute atomic E-state index is 0.0704. The quantitative estimate of drug-likeness (QED) is 0.310. The van der Waals surface area contributed by atoms with Gasteiger partial charge in [-0.3, -0.25) is 4.79 Å². The average Bonchev–Trinajstić information content (AvgIpc) is 3.38. The van der Waals surface area contributed by atoms with Gasteiger partial charge in [-0.15, -0.1) is 11.3 Å². The van der Waals surface area contributed by atoms with E-state index in [1.807, 2.05) is 54.9 Å². The third-order valence-corrected chi connectivity index (χ3v) is 7.83. The monoisotopic (exact) mass is 455 g/mol. The van der Waals surface area contributed by atoms with Gasteiger partial charge in [-0.25, -0.2) is 4.99 Å². The summed E-state index contributed by atoms with van der Waals surface area (Å²) in [5, 5.41) is 5.02. The van der Waals surface area contributed by atoms with Crippen LogP contribution >= 0.6 is 11.3 Å². The lowest BCUT2D eigenvalue weighted by atomic mass is 9.72. The van der Waals surface area contributed by atoms with E-state index in [0.29, 0.717) is 5.92 Å². The second-order valence-corrected chi connectivity index (χ2v) is 10.9. The molecule has 4 aromatic rings. The van der Waals surface area contributed by atoms with Gasteiger partial charge in [-0.05, 0) is 54.4 Å². The van der Waals surface area contributed by atoms with Crippen molar-refractivity contribution in [2.24, 2.45) is 16.3 Å². The summed E-state index contributed by atoms with van der Waals surface area (Å²) in [4.78, 5) is 22.9. The van der Waals surface area contributed by atoms with E-state index in [4.69, 9.17) is 4.99 Å². The Bertz CT molecular complexity index is 1320. The zero-order valence-corrected chi connectivity index (χ0v) is 20.1. The van der Waals surface area contributed by atoms with Gasteiger partial charge in [0.1, 0.15) is 5.00 Å². The van der Waals surface area contributed by atoms with Gasteiger partial charge in [0, 0.05) is 39.4 Å². The molecule has 5 heteroatoms. The highest BCUT2D eigenvalue weighted by Gasteiger charge is 2.33. The van der Waals surface area contributed by atoms with Crippen LogP contribution < -0.4 is 5.32 Å². The lowest BCUT2D eigenvalue weighted by molar-refractivity contribution is 0.102. The largest absolute Gasteiger partial charge is 0.361 e. The van der Waals surface area contributed by atoms with Crippen LogP contribution in [0.3, 0.4) is 0 Å². The summed E-state index contributed by atoms with van der Waals surface area (Å²) in [6, 6.07) is 17.8. The van der Waals surface area contributed by atoms with Crippen molar-refractivity contribution in [2.45, 2.75) is 40.0 Å². The standard InChI is InChI=1S/C28H29N3OS/c1-28(2,3)19-13-14-22-24(15-19)33-27(25(22)26(32)31-20-9-5-4-6-10-20)30-17-18-16-29-23-12-8-7-11-21(18)23/h4-12,16-17,19,29H,13-15H2,1-3H3,(H,31,32)/t19-/m1/s1. The van der Waals surface area contributed by atoms with Crippen molar-refractivity contribution in [3.63, 3.8) is 0 Å². The number of aliphatic imine (C=N–C) groups is 1. The number of hydrogen-bond donors (Lipinski definition) is 2. The molecule has 0 aliphatic heterocycles. The molecule has 0 saturated carbocycles. The third kappa shape index (κ3) is 4.38. The number of carbonyl (C=O) groups excluding carboxylic acids is 1. The van der Waals surface area contributed by atoms with Gasteiger partial charge < -0.3 is 10.3 Å². The van der Waals surface area contributed by atoms with Crippen LogP contribution in [0.4, 0.5) is 10.7 Å². The highest BCUT2D eigenvalue weighted by molar-refractivity contribution is 7.16. The number of amides is 1. The van der Waals surface area contributed by atoms with Gasteiger partial charge in [0.05, 0.1) is 5.56 Å². The normalized spacial score (nSPS) is 16.3. The van der Waals surface area contributed by atoms with E-state index in [1.165, 1.54) is 10.4 Å². The first-order valence-electron chi connectivity index (χ1n) is 11.5. The van der Waals surface area contributed by atoms with E-state index in [0.717, 1.165) is 52.0 Å². The van der Waals surface area contributed by atoms with E-state index in [2.05, 4.69) is 43.2 Å². The Kier molecular flexibility index (Phi) is 5.67. The molecular formula is C28H29N3OS. The number of fused-ring (bicyclic) bond motifs is 2. The van der Waals surface area contributed by atoms with Crippen molar-refractivity contribution >= 4 is 45.0 Å². The summed E-state index contributed by atoms with van der Waals surface area (Å²) in [6.07, 6.45) is 6.90. The van der Waals surface area contributed by atoms with E-state index in [-0.39, 0.29) is 11.3 Å². The number of anilines is 1. The lowest BCUT2D eigenvalue weighted by Gasteiger charge is -2.33. The van der Waals surface area contributed by atoms with Crippen LogP contribution in [0.5, 0.6) is 0 Å². The van der Waals surface area contributed by atoms with Crippen molar-refractivity contribution in [1.82, 2.24) is 4.98 Å². The van der Waals surface area contributed by atoms with Crippen molar-refractivity contribution in [1.29, 1.82) is 0 Å². The first-order chi connectivity index (χ1) is 15.9. The highest BCUT2D eigenvalue weighted by atomic mass is 32.1. The number of rotatable bonds is 4. The molecular weight excluding hydrogens is 426 g/mol. The molecule has 1 aliphatic carbocycles. The fraction of sp³-hybridized carbons (Fsp3) is 0.286. The zero-order valence-electron chi connectivity index (χ0n) is 19.3. The fourth-order valence-electron chi connectivity index (χ4n) is 4.68. The maximum atomic E-state index is 13.4. The molecule has 2 heterocycles. The summed E-state index contributed by atoms with van der Waals surface area (Å²) in [5.41, 5.74) is 5.08. The van der Waals surface area contributed by atoms with Gasteiger partial charge in [-0.1, -0.05) is 57.2 Å². The van der Waals surface area contributed by atoms with Crippen LogP contribution in [0.15, 0.2) is 65.8 Å². The van der Waals surface area contributed by atoms with Gasteiger partial charge in [0.15, 0.2) is 0 Å². The van der Waals surface area contributed by atoms with Gasteiger partial charge in [0.25, 0.3) is 5.91 Å². The molecule has 1 amide bonds. The van der Waals surface area contributed by atoms with Crippen LogP contribution in [0.25, 0.3) is 10.9 Å². The Morgan fingerprint density at radius 2 is 1.88 bits per heavy atom. The molecule has 0 saturated heterocycles. The maximum Gasteiger partial charge on any atom is 0.259 e. The second-order valence-electron chi connectivity index (χ2n) is 9.86. The first kappa shape index (κ1) is 21.7. The van der Waals surface area contributed by atoms with E-state index in [9.17, 15) is 4.79 Å². The topological polar surface area (TPSA) is 57.2 Å². The second kappa shape index (κ2) is 8.64. The van der Waals surface area contributed by atoms with E-state index in [1.54, 1.807) is 11.3 Å². The SMILES string of the molecule is CC(C)(C)[C@@H]1CCc2c(sc(N=Cc3c[nH]c4ccccc34)c2C(=O)Nc2ccccc2)C1. The summed E-state index contributed by atoms with van der Waals surface area (Å²) in [6.45, 7) is 6.94. The van der Waals surface area contributed by atoms with Gasteiger partial charge >= 0.3 is 0 Å². The number of benzene rings is 2. The van der Waals surface area contributed by atoms with Gasteiger partial charge in [0.2, 0.25) is 0 Å². The predicted octanol–water partition coefficient (Wildman–Crippen LogP) is 7.38.